The number of nitrogens with one attached hydrogen (secondary N) is 1. The summed E-state index contributed by atoms with van der Waals surface area (Å²) in [6, 6.07) is 22.2. The lowest BCUT2D eigenvalue weighted by molar-refractivity contribution is -0.125. The van der Waals surface area contributed by atoms with Gasteiger partial charge in [-0.25, -0.2) is 0 Å². The second-order valence-corrected chi connectivity index (χ2v) is 7.92. The zero-order valence-corrected chi connectivity index (χ0v) is 17.9. The molecule has 0 fully saturated rings. The summed E-state index contributed by atoms with van der Waals surface area (Å²) >= 11 is 5.90. The van der Waals surface area contributed by atoms with E-state index in [4.69, 9.17) is 16.3 Å². The molecule has 1 heterocycles. The summed E-state index contributed by atoms with van der Waals surface area (Å²) in [6.07, 6.45) is 1.16. The fourth-order valence-electron chi connectivity index (χ4n) is 3.61. The van der Waals surface area contributed by atoms with Crippen LogP contribution in [0.15, 0.2) is 72.8 Å². The summed E-state index contributed by atoms with van der Waals surface area (Å²) in [5, 5.41) is 3.45. The number of hydrogen-bond acceptors (Lipinski definition) is 3. The van der Waals surface area contributed by atoms with Gasteiger partial charge in [-0.2, -0.15) is 0 Å². The molecule has 0 bridgehead atoms. The van der Waals surface area contributed by atoms with Crippen LogP contribution in [0, 0.1) is 0 Å². The van der Waals surface area contributed by atoms with Crippen LogP contribution in [0.25, 0.3) is 0 Å². The van der Waals surface area contributed by atoms with Crippen molar-refractivity contribution in [3.05, 3.63) is 88.9 Å². The van der Waals surface area contributed by atoms with E-state index in [1.165, 1.54) is 5.56 Å². The van der Waals surface area contributed by atoms with Crippen molar-refractivity contribution in [3.63, 3.8) is 0 Å². The summed E-state index contributed by atoms with van der Waals surface area (Å²) in [7, 11) is 0. The van der Waals surface area contributed by atoms with Crippen LogP contribution < -0.4 is 15.0 Å². The molecule has 0 aromatic heterocycles. The average molecular weight is 435 g/mol. The summed E-state index contributed by atoms with van der Waals surface area (Å²) in [5.41, 5.74) is 3.01. The Hall–Kier alpha value is -3.31. The van der Waals surface area contributed by atoms with Crippen molar-refractivity contribution in [1.29, 1.82) is 0 Å². The molecule has 2 amide bonds. The third kappa shape index (κ3) is 4.89. The van der Waals surface area contributed by atoms with Crippen molar-refractivity contribution in [1.82, 2.24) is 0 Å². The quantitative estimate of drug-likeness (QED) is 0.569. The van der Waals surface area contributed by atoms with E-state index in [2.05, 4.69) is 17.4 Å². The smallest absolute Gasteiger partial charge is 0.267 e. The number of ether oxygens (including phenoxy) is 1. The highest BCUT2D eigenvalue weighted by molar-refractivity contribution is 6.30. The zero-order valence-electron chi connectivity index (χ0n) is 17.2. The molecule has 0 spiro atoms. The van der Waals surface area contributed by atoms with Crippen molar-refractivity contribution in [2.24, 2.45) is 0 Å². The van der Waals surface area contributed by atoms with Gasteiger partial charge in [-0.15, -0.1) is 0 Å². The highest BCUT2D eigenvalue weighted by Crippen LogP contribution is 2.36. The maximum Gasteiger partial charge on any atom is 0.267 e. The van der Waals surface area contributed by atoms with Crippen LogP contribution in [0.1, 0.15) is 29.3 Å². The second-order valence-electron chi connectivity index (χ2n) is 7.48. The first-order valence-corrected chi connectivity index (χ1v) is 10.6. The molecule has 0 saturated heterocycles. The molecule has 158 valence electrons. The predicted octanol–water partition coefficient (Wildman–Crippen LogP) is 5.34. The van der Waals surface area contributed by atoms with Crippen LogP contribution in [0.4, 0.5) is 11.4 Å². The van der Waals surface area contributed by atoms with Crippen molar-refractivity contribution in [2.75, 3.05) is 16.8 Å². The fraction of sp³-hybridized carbons (Fsp3) is 0.200. The molecule has 1 aliphatic rings. The summed E-state index contributed by atoms with van der Waals surface area (Å²) < 4.78 is 5.78. The van der Waals surface area contributed by atoms with E-state index in [1.54, 1.807) is 54.3 Å². The molecule has 0 radical (unpaired) electrons. The van der Waals surface area contributed by atoms with E-state index in [-0.39, 0.29) is 11.8 Å². The molecule has 0 aliphatic carbocycles. The summed E-state index contributed by atoms with van der Waals surface area (Å²) in [6.45, 7) is 2.33. The number of nitrogens with zero attached hydrogens (tertiary/aromatic N) is 1. The topological polar surface area (TPSA) is 58.6 Å². The first-order chi connectivity index (χ1) is 15.0. The molecule has 5 nitrogen and oxygen atoms in total. The van der Waals surface area contributed by atoms with Gasteiger partial charge in [0.15, 0.2) is 6.10 Å². The number of halogens is 1. The Bertz CT molecular complexity index is 1080. The predicted molar refractivity (Wildman–Crippen MR) is 123 cm³/mol. The number of amides is 2. The van der Waals surface area contributed by atoms with E-state index in [0.29, 0.717) is 34.3 Å². The summed E-state index contributed by atoms with van der Waals surface area (Å²) in [4.78, 5) is 27.1. The van der Waals surface area contributed by atoms with Gasteiger partial charge in [0.05, 0.1) is 5.69 Å². The van der Waals surface area contributed by atoms with E-state index >= 15 is 0 Å². The number of aryl methyl sites for hydroxylation is 1. The van der Waals surface area contributed by atoms with Gasteiger partial charge < -0.3 is 15.0 Å². The number of fused-ring (bicyclic) bond motifs is 1. The van der Waals surface area contributed by atoms with Gasteiger partial charge in [-0.1, -0.05) is 41.9 Å². The Labute approximate surface area is 186 Å². The minimum atomic E-state index is -0.543. The molecular weight excluding hydrogens is 412 g/mol. The van der Waals surface area contributed by atoms with Crippen LogP contribution in [0.2, 0.25) is 5.02 Å². The number of carbonyl (C=O) groups is 2. The number of hydrogen-bond donors (Lipinski definition) is 1. The Balaban J connectivity index is 1.51. The third-order valence-corrected chi connectivity index (χ3v) is 5.47. The Morgan fingerprint density at radius 1 is 1.06 bits per heavy atom. The Kier molecular flexibility index (Phi) is 6.23. The number of rotatable bonds is 6. The lowest BCUT2D eigenvalue weighted by Crippen LogP contribution is -2.45. The van der Waals surface area contributed by atoms with Crippen molar-refractivity contribution < 1.29 is 14.3 Å². The van der Waals surface area contributed by atoms with Crippen LogP contribution in [0.3, 0.4) is 0 Å². The Morgan fingerprint density at radius 3 is 2.55 bits per heavy atom. The van der Waals surface area contributed by atoms with Crippen molar-refractivity contribution in [3.8, 4) is 5.75 Å². The number of anilines is 2. The molecule has 1 atom stereocenters. The highest BCUT2D eigenvalue weighted by Gasteiger charge is 2.31. The first-order valence-electron chi connectivity index (χ1n) is 10.2. The maximum absolute atomic E-state index is 12.8. The van der Waals surface area contributed by atoms with E-state index < -0.39 is 6.10 Å². The average Bonchev–Trinajstić information content (AvgIpc) is 2.78. The first kappa shape index (κ1) is 20.9. The van der Waals surface area contributed by atoms with Gasteiger partial charge in [-0.05, 0) is 67.8 Å². The third-order valence-electron chi connectivity index (χ3n) is 5.22. The van der Waals surface area contributed by atoms with Gasteiger partial charge in [0.1, 0.15) is 5.75 Å². The zero-order chi connectivity index (χ0) is 21.8. The van der Waals surface area contributed by atoms with Gasteiger partial charge >= 0.3 is 0 Å². The normalized spacial score (nSPS) is 15.2. The molecule has 4 rings (SSSR count). The Morgan fingerprint density at radius 2 is 1.81 bits per heavy atom. The SMILES string of the molecule is CC1Oc2ccc(NC(=O)c3ccc(Cl)cc3)cc2N(CCCc2ccccc2)C1=O. The van der Waals surface area contributed by atoms with Crippen LogP contribution in [0.5, 0.6) is 5.75 Å². The minimum absolute atomic E-state index is 0.0817. The minimum Gasteiger partial charge on any atom is -0.479 e. The molecule has 1 unspecified atom stereocenters. The molecule has 3 aromatic carbocycles. The lowest BCUT2D eigenvalue weighted by atomic mass is 10.1. The maximum atomic E-state index is 12.8. The van der Waals surface area contributed by atoms with E-state index in [1.807, 2.05) is 18.2 Å². The standard InChI is InChI=1S/C25H23ClN2O3/c1-17-25(30)28(15-5-8-18-6-3-2-4-7-18)22-16-21(13-14-23(22)31-17)27-24(29)19-9-11-20(26)12-10-19/h2-4,6-7,9-14,16-17H,5,8,15H2,1H3,(H,27,29). The molecule has 0 saturated carbocycles. The largest absolute Gasteiger partial charge is 0.479 e. The molecule has 1 N–H and O–H groups in total. The van der Waals surface area contributed by atoms with E-state index in [0.717, 1.165) is 12.8 Å². The van der Waals surface area contributed by atoms with E-state index in [9.17, 15) is 9.59 Å². The molecular formula is C25H23ClN2O3. The fourth-order valence-corrected chi connectivity index (χ4v) is 3.73. The van der Waals surface area contributed by atoms with Gasteiger partial charge in [0, 0.05) is 22.8 Å². The number of carbonyl (C=O) groups excluding carboxylic acids is 2. The highest BCUT2D eigenvalue weighted by atomic mass is 35.5. The van der Waals surface area contributed by atoms with Gasteiger partial charge in [0.25, 0.3) is 11.8 Å². The van der Waals surface area contributed by atoms with Gasteiger partial charge in [0.2, 0.25) is 0 Å². The molecule has 3 aromatic rings. The van der Waals surface area contributed by atoms with Crippen molar-refractivity contribution in [2.45, 2.75) is 25.9 Å². The lowest BCUT2D eigenvalue weighted by Gasteiger charge is -2.33. The monoisotopic (exact) mass is 434 g/mol. The van der Waals surface area contributed by atoms with Crippen molar-refractivity contribution >= 4 is 34.8 Å². The van der Waals surface area contributed by atoms with Crippen LogP contribution >= 0.6 is 11.6 Å². The van der Waals surface area contributed by atoms with Crippen LogP contribution in [-0.4, -0.2) is 24.5 Å². The summed E-state index contributed by atoms with van der Waals surface area (Å²) in [5.74, 6) is 0.307. The molecule has 31 heavy (non-hydrogen) atoms. The second kappa shape index (κ2) is 9.23. The van der Waals surface area contributed by atoms with Gasteiger partial charge in [-0.3, -0.25) is 9.59 Å². The molecule has 6 heteroatoms. The number of benzene rings is 3. The van der Waals surface area contributed by atoms with Crippen LogP contribution in [-0.2, 0) is 11.2 Å². The molecule has 1 aliphatic heterocycles.